The molecule has 1 aliphatic heterocycles. The molecule has 3 N–H and O–H groups in total. The van der Waals surface area contributed by atoms with Gasteiger partial charge in [0.15, 0.2) is 0 Å². The Labute approximate surface area is 234 Å². The summed E-state index contributed by atoms with van der Waals surface area (Å²) in [6.45, 7) is 0. The second-order valence-electron chi connectivity index (χ2n) is 10.1. The number of hydrogen-bond acceptors (Lipinski definition) is 5. The molecule has 0 saturated carbocycles. The van der Waals surface area contributed by atoms with E-state index in [-0.39, 0.29) is 11.0 Å². The van der Waals surface area contributed by atoms with Crippen molar-refractivity contribution >= 4 is 23.5 Å². The molecule has 4 aromatic rings. The minimum atomic E-state index is -1.56. The molecule has 0 amide bonds. The van der Waals surface area contributed by atoms with Crippen LogP contribution < -0.4 is 0 Å². The number of aliphatic hydroxyl groups is 3. The average molecular weight is 543 g/mol. The molecule has 3 nitrogen and oxygen atoms in total. The average Bonchev–Trinajstić information content (AvgIpc) is 3.15. The molecule has 4 aromatic carbocycles. The van der Waals surface area contributed by atoms with E-state index in [1.165, 1.54) is 17.3 Å². The van der Waals surface area contributed by atoms with Gasteiger partial charge >= 0.3 is 0 Å². The van der Waals surface area contributed by atoms with Crippen LogP contribution in [-0.4, -0.2) is 42.5 Å². The van der Waals surface area contributed by atoms with Gasteiger partial charge in [-0.1, -0.05) is 121 Å². The van der Waals surface area contributed by atoms with Gasteiger partial charge in [-0.05, 0) is 28.7 Å². The lowest BCUT2D eigenvalue weighted by atomic mass is 9.72. The lowest BCUT2D eigenvalue weighted by Gasteiger charge is -2.44. The molecule has 38 heavy (non-hydrogen) atoms. The van der Waals surface area contributed by atoms with Crippen LogP contribution in [-0.2, 0) is 25.0 Å². The molecule has 5 heteroatoms. The number of aliphatic hydroxyl groups excluding tert-OH is 1. The molecule has 5 atom stereocenters. The topological polar surface area (TPSA) is 60.7 Å². The number of hydrogen-bond donors (Lipinski definition) is 3. The fourth-order valence-electron chi connectivity index (χ4n) is 5.41. The molecule has 1 fully saturated rings. The van der Waals surface area contributed by atoms with Crippen LogP contribution in [0.4, 0.5) is 0 Å². The maximum atomic E-state index is 12.7. The minimum absolute atomic E-state index is 0.253. The van der Waals surface area contributed by atoms with Crippen molar-refractivity contribution in [2.45, 2.75) is 52.2 Å². The van der Waals surface area contributed by atoms with E-state index in [1.807, 2.05) is 109 Å². The Bertz CT molecular complexity index is 1270. The summed E-state index contributed by atoms with van der Waals surface area (Å²) in [4.78, 5) is 0. The maximum Gasteiger partial charge on any atom is 0.120 e. The molecule has 0 aliphatic carbocycles. The standard InChI is InChI=1S/C33H34O3S2/c34-29(21-25-13-5-1-6-14-25)30-32(35,22-26-15-7-2-8-16-26)33(36,23-27-17-9-3-10-18-27)31(38-30)37-24-28-19-11-4-12-20-28/h1-20,29-31,34-36H,21-24H2/t29?,30-,31+,32+,33+/m0/s1. The van der Waals surface area contributed by atoms with Gasteiger partial charge in [0.1, 0.15) is 11.2 Å². The zero-order valence-corrected chi connectivity index (χ0v) is 22.9. The molecule has 0 spiro atoms. The highest BCUT2D eigenvalue weighted by Crippen LogP contribution is 2.57. The fraction of sp³-hybridized carbons (Fsp3) is 0.273. The number of thioether (sulfide) groups is 2. The van der Waals surface area contributed by atoms with Crippen molar-refractivity contribution in [2.75, 3.05) is 0 Å². The molecule has 5 rings (SSSR count). The van der Waals surface area contributed by atoms with Crippen LogP contribution in [0, 0.1) is 0 Å². The van der Waals surface area contributed by atoms with Crippen molar-refractivity contribution in [3.8, 4) is 0 Å². The summed E-state index contributed by atoms with van der Waals surface area (Å²) in [6, 6.07) is 39.8. The zero-order valence-electron chi connectivity index (χ0n) is 21.3. The summed E-state index contributed by atoms with van der Waals surface area (Å²) in [5, 5.41) is 36.3. The van der Waals surface area contributed by atoms with E-state index >= 15 is 0 Å². The quantitative estimate of drug-likeness (QED) is 0.233. The largest absolute Gasteiger partial charge is 0.392 e. The van der Waals surface area contributed by atoms with Crippen molar-refractivity contribution in [3.63, 3.8) is 0 Å². The highest BCUT2D eigenvalue weighted by atomic mass is 32.2. The third-order valence-electron chi connectivity index (χ3n) is 7.39. The van der Waals surface area contributed by atoms with Crippen molar-refractivity contribution in [2.24, 2.45) is 0 Å². The molecule has 1 unspecified atom stereocenters. The highest BCUT2D eigenvalue weighted by Gasteiger charge is 2.66. The van der Waals surface area contributed by atoms with E-state index in [9.17, 15) is 15.3 Å². The summed E-state index contributed by atoms with van der Waals surface area (Å²) in [5.41, 5.74) is 1.04. The monoisotopic (exact) mass is 542 g/mol. The highest BCUT2D eigenvalue weighted by molar-refractivity contribution is 8.17. The van der Waals surface area contributed by atoms with Gasteiger partial charge in [-0.3, -0.25) is 0 Å². The third kappa shape index (κ3) is 5.88. The normalized spacial score (nSPS) is 25.8. The smallest absolute Gasteiger partial charge is 0.120 e. The Morgan fingerprint density at radius 3 is 1.53 bits per heavy atom. The number of benzene rings is 4. The molecular formula is C33H34O3S2. The van der Waals surface area contributed by atoms with Gasteiger partial charge < -0.3 is 15.3 Å². The Hall–Kier alpha value is -2.54. The van der Waals surface area contributed by atoms with Crippen LogP contribution in [0.3, 0.4) is 0 Å². The Balaban J connectivity index is 1.53. The summed E-state index contributed by atoms with van der Waals surface area (Å²) < 4.78 is -0.341. The predicted octanol–water partition coefficient (Wildman–Crippen LogP) is 5.91. The molecule has 196 valence electrons. The van der Waals surface area contributed by atoms with Crippen molar-refractivity contribution in [3.05, 3.63) is 144 Å². The van der Waals surface area contributed by atoms with E-state index in [4.69, 9.17) is 0 Å². The lowest BCUT2D eigenvalue weighted by Crippen LogP contribution is -2.63. The van der Waals surface area contributed by atoms with Gasteiger partial charge in [-0.2, -0.15) is 0 Å². The molecule has 0 bridgehead atoms. The van der Waals surface area contributed by atoms with Crippen molar-refractivity contribution < 1.29 is 15.3 Å². The summed E-state index contributed by atoms with van der Waals surface area (Å²) in [6.07, 6.45) is 0.127. The third-order valence-corrected chi connectivity index (χ3v) is 11.0. The molecule has 0 radical (unpaired) electrons. The summed E-state index contributed by atoms with van der Waals surface area (Å²) >= 11 is 3.17. The van der Waals surface area contributed by atoms with Gasteiger partial charge in [0.25, 0.3) is 0 Å². The van der Waals surface area contributed by atoms with Gasteiger partial charge in [0.2, 0.25) is 0 Å². The van der Waals surface area contributed by atoms with E-state index in [0.29, 0.717) is 18.6 Å². The first kappa shape index (κ1) is 27.0. The van der Waals surface area contributed by atoms with Gasteiger partial charge in [0.05, 0.1) is 15.9 Å². The first-order valence-electron chi connectivity index (χ1n) is 13.0. The number of rotatable bonds is 10. The summed E-state index contributed by atoms with van der Waals surface area (Å²) in [7, 11) is 0. The Morgan fingerprint density at radius 2 is 1.03 bits per heavy atom. The zero-order chi connectivity index (χ0) is 26.4. The maximum absolute atomic E-state index is 12.7. The van der Waals surface area contributed by atoms with Crippen LogP contribution in [0.5, 0.6) is 0 Å². The second-order valence-corrected chi connectivity index (χ2v) is 12.8. The molecule has 1 saturated heterocycles. The molecule has 0 aromatic heterocycles. The van der Waals surface area contributed by atoms with E-state index in [1.54, 1.807) is 11.8 Å². The van der Waals surface area contributed by atoms with Crippen LogP contribution >= 0.6 is 23.5 Å². The first-order valence-corrected chi connectivity index (χ1v) is 15.0. The van der Waals surface area contributed by atoms with Gasteiger partial charge in [-0.15, -0.1) is 23.5 Å². The minimum Gasteiger partial charge on any atom is -0.392 e. The van der Waals surface area contributed by atoms with E-state index < -0.39 is 22.6 Å². The predicted molar refractivity (Wildman–Crippen MR) is 159 cm³/mol. The lowest BCUT2D eigenvalue weighted by molar-refractivity contribution is -0.145. The molecular weight excluding hydrogens is 508 g/mol. The van der Waals surface area contributed by atoms with E-state index in [2.05, 4.69) is 12.1 Å². The second kappa shape index (κ2) is 12.1. The van der Waals surface area contributed by atoms with E-state index in [0.717, 1.165) is 16.7 Å². The van der Waals surface area contributed by atoms with Gasteiger partial charge in [-0.25, -0.2) is 0 Å². The Kier molecular flexibility index (Phi) is 8.61. The fourth-order valence-corrected chi connectivity index (χ4v) is 8.95. The van der Waals surface area contributed by atoms with Crippen LogP contribution in [0.15, 0.2) is 121 Å². The van der Waals surface area contributed by atoms with Crippen LogP contribution in [0.2, 0.25) is 0 Å². The Morgan fingerprint density at radius 1 is 0.605 bits per heavy atom. The molecule has 1 heterocycles. The van der Waals surface area contributed by atoms with Crippen molar-refractivity contribution in [1.82, 2.24) is 0 Å². The molecule has 1 aliphatic rings. The van der Waals surface area contributed by atoms with Crippen LogP contribution in [0.1, 0.15) is 22.3 Å². The van der Waals surface area contributed by atoms with Crippen molar-refractivity contribution in [1.29, 1.82) is 0 Å². The summed E-state index contributed by atoms with van der Waals surface area (Å²) in [5.74, 6) is 0.707. The first-order chi connectivity index (χ1) is 18.5. The van der Waals surface area contributed by atoms with Gasteiger partial charge in [0, 0.05) is 18.6 Å². The SMILES string of the molecule is OC(Cc1ccccc1)[C@@H]1S[C@@H](SCc2ccccc2)[C@](O)(Cc2ccccc2)[C@@]1(O)Cc1ccccc1. The van der Waals surface area contributed by atoms with Crippen LogP contribution in [0.25, 0.3) is 0 Å².